The van der Waals surface area contributed by atoms with Crippen molar-refractivity contribution in [2.75, 3.05) is 0 Å². The highest BCUT2D eigenvalue weighted by molar-refractivity contribution is 5.92. The largest absolute Gasteiger partial charge is 0.462 e. The number of ether oxygens (including phenoxy) is 2. The van der Waals surface area contributed by atoms with Gasteiger partial charge in [0.1, 0.15) is 6.10 Å². The van der Waals surface area contributed by atoms with Crippen LogP contribution >= 0.6 is 0 Å². The molecule has 4 atom stereocenters. The maximum Gasteiger partial charge on any atom is 0.336 e. The minimum absolute atomic E-state index is 0.0744. The second-order valence-corrected chi connectivity index (χ2v) is 7.01. The van der Waals surface area contributed by atoms with Gasteiger partial charge >= 0.3 is 11.9 Å². The number of esters is 2. The molecule has 1 N–H and O–H groups in total. The van der Waals surface area contributed by atoms with Crippen LogP contribution < -0.4 is 0 Å². The van der Waals surface area contributed by atoms with E-state index in [0.717, 1.165) is 12.0 Å². The Kier molecular flexibility index (Phi) is 3.25. The molecule has 3 rings (SSSR count). The molecule has 2 fully saturated rings. The van der Waals surface area contributed by atoms with Crippen LogP contribution in [-0.2, 0) is 19.1 Å². The lowest BCUT2D eigenvalue weighted by Crippen LogP contribution is -2.55. The molecule has 1 aliphatic heterocycles. The van der Waals surface area contributed by atoms with E-state index in [0.29, 0.717) is 24.0 Å². The Morgan fingerprint density at radius 1 is 1.50 bits per heavy atom. The van der Waals surface area contributed by atoms with E-state index in [1.54, 1.807) is 6.92 Å². The van der Waals surface area contributed by atoms with E-state index >= 15 is 0 Å². The summed E-state index contributed by atoms with van der Waals surface area (Å²) < 4.78 is 10.8. The van der Waals surface area contributed by atoms with E-state index < -0.39 is 17.2 Å². The molecule has 5 nitrogen and oxygen atoms in total. The number of carbonyl (C=O) groups is 2. The first kappa shape index (κ1) is 15.3. The Hall–Kier alpha value is -1.62. The zero-order valence-electron chi connectivity index (χ0n) is 13.3. The van der Waals surface area contributed by atoms with Crippen LogP contribution in [0.5, 0.6) is 0 Å². The molecule has 0 radical (unpaired) electrons. The molecule has 2 saturated carbocycles. The third kappa shape index (κ3) is 2.02. The molecule has 0 amide bonds. The molecule has 0 aromatic carbocycles. The van der Waals surface area contributed by atoms with Crippen molar-refractivity contribution in [1.82, 2.24) is 0 Å². The fourth-order valence-corrected chi connectivity index (χ4v) is 4.40. The number of rotatable bonds is 1. The molecule has 2 aliphatic carbocycles. The Morgan fingerprint density at radius 2 is 2.18 bits per heavy atom. The van der Waals surface area contributed by atoms with Gasteiger partial charge in [-0.05, 0) is 32.1 Å². The van der Waals surface area contributed by atoms with Crippen molar-refractivity contribution in [3.8, 4) is 0 Å². The van der Waals surface area contributed by atoms with Gasteiger partial charge in [0.2, 0.25) is 5.79 Å². The molecule has 22 heavy (non-hydrogen) atoms. The van der Waals surface area contributed by atoms with E-state index in [4.69, 9.17) is 9.47 Å². The molecule has 0 aromatic heterocycles. The number of aliphatic hydroxyl groups is 1. The third-order valence-electron chi connectivity index (χ3n) is 5.58. The average Bonchev–Trinajstić information content (AvgIpc) is 2.61. The van der Waals surface area contributed by atoms with Gasteiger partial charge in [0, 0.05) is 29.9 Å². The second kappa shape index (κ2) is 4.69. The minimum atomic E-state index is -1.57. The topological polar surface area (TPSA) is 72.8 Å². The smallest absolute Gasteiger partial charge is 0.336 e. The first-order valence-electron chi connectivity index (χ1n) is 7.68. The highest BCUT2D eigenvalue weighted by Crippen LogP contribution is 2.59. The lowest BCUT2D eigenvalue weighted by molar-refractivity contribution is -0.217. The van der Waals surface area contributed by atoms with E-state index in [1.165, 1.54) is 6.92 Å². The lowest BCUT2D eigenvalue weighted by atomic mass is 9.55. The highest BCUT2D eigenvalue weighted by atomic mass is 16.7. The van der Waals surface area contributed by atoms with Crippen molar-refractivity contribution in [3.63, 3.8) is 0 Å². The first-order chi connectivity index (χ1) is 10.2. The molecule has 5 heteroatoms. The summed E-state index contributed by atoms with van der Waals surface area (Å²) in [5.41, 5.74) is 1.76. The molecule has 0 bridgehead atoms. The van der Waals surface area contributed by atoms with Crippen LogP contribution in [0, 0.1) is 11.3 Å². The Morgan fingerprint density at radius 3 is 2.82 bits per heavy atom. The third-order valence-corrected chi connectivity index (χ3v) is 5.58. The van der Waals surface area contributed by atoms with Crippen LogP contribution in [0.15, 0.2) is 23.3 Å². The molecule has 3 aliphatic rings. The zero-order chi connectivity index (χ0) is 16.3. The van der Waals surface area contributed by atoms with E-state index in [9.17, 15) is 14.7 Å². The summed E-state index contributed by atoms with van der Waals surface area (Å²) in [4.78, 5) is 23.3. The van der Waals surface area contributed by atoms with Gasteiger partial charge < -0.3 is 14.6 Å². The highest BCUT2D eigenvalue weighted by Gasteiger charge is 2.60. The molecule has 0 saturated heterocycles. The Labute approximate surface area is 130 Å². The second-order valence-electron chi connectivity index (χ2n) is 7.01. The number of allylic oxidation sites excluding steroid dienone is 1. The maximum atomic E-state index is 11.8. The van der Waals surface area contributed by atoms with Gasteiger partial charge in [-0.25, -0.2) is 4.79 Å². The van der Waals surface area contributed by atoms with Gasteiger partial charge in [-0.3, -0.25) is 4.79 Å². The number of hydrogen-bond donors (Lipinski definition) is 1. The van der Waals surface area contributed by atoms with Crippen LogP contribution in [0.1, 0.15) is 46.5 Å². The predicted octanol–water partition coefficient (Wildman–Crippen LogP) is 2.25. The molecule has 0 aromatic rings. The van der Waals surface area contributed by atoms with Crippen LogP contribution in [0.2, 0.25) is 0 Å². The lowest BCUT2D eigenvalue weighted by Gasteiger charge is -2.53. The number of fused-ring (bicyclic) bond motifs is 2. The summed E-state index contributed by atoms with van der Waals surface area (Å²) in [6.07, 6.45) is 1.94. The number of hydrogen-bond acceptors (Lipinski definition) is 5. The predicted molar refractivity (Wildman–Crippen MR) is 78.5 cm³/mol. The van der Waals surface area contributed by atoms with Crippen molar-refractivity contribution in [1.29, 1.82) is 0 Å². The van der Waals surface area contributed by atoms with Crippen LogP contribution in [0.4, 0.5) is 0 Å². The molecular weight excluding hydrogens is 284 g/mol. The van der Waals surface area contributed by atoms with Crippen LogP contribution in [-0.4, -0.2) is 28.9 Å². The summed E-state index contributed by atoms with van der Waals surface area (Å²) in [7, 11) is 0. The van der Waals surface area contributed by atoms with Crippen LogP contribution in [0.25, 0.3) is 0 Å². The van der Waals surface area contributed by atoms with Crippen molar-refractivity contribution < 1.29 is 24.2 Å². The maximum absolute atomic E-state index is 11.8. The van der Waals surface area contributed by atoms with Gasteiger partial charge in [-0.2, -0.15) is 0 Å². The molecule has 0 spiro atoms. The summed E-state index contributed by atoms with van der Waals surface area (Å²) in [6, 6.07) is 0. The molecule has 120 valence electrons. The van der Waals surface area contributed by atoms with Gasteiger partial charge in [-0.1, -0.05) is 19.1 Å². The van der Waals surface area contributed by atoms with Crippen LogP contribution in [0.3, 0.4) is 0 Å². The van der Waals surface area contributed by atoms with E-state index in [2.05, 4.69) is 6.58 Å². The molecule has 0 unspecified atom stereocenters. The van der Waals surface area contributed by atoms with Gasteiger partial charge in [0.25, 0.3) is 0 Å². The van der Waals surface area contributed by atoms with Crippen molar-refractivity contribution >= 4 is 11.9 Å². The van der Waals surface area contributed by atoms with Gasteiger partial charge in [0.15, 0.2) is 0 Å². The van der Waals surface area contributed by atoms with E-state index in [-0.39, 0.29) is 24.4 Å². The Balaban J connectivity index is 2.02. The normalized spacial score (nSPS) is 40.9. The zero-order valence-corrected chi connectivity index (χ0v) is 13.3. The van der Waals surface area contributed by atoms with E-state index in [1.807, 2.05) is 6.92 Å². The van der Waals surface area contributed by atoms with Gasteiger partial charge in [-0.15, -0.1) is 0 Å². The number of carbonyl (C=O) groups excluding carboxylic acids is 2. The average molecular weight is 306 g/mol. The monoisotopic (exact) mass is 306 g/mol. The standard InChI is InChI=1S/C17H22O5/c1-9-5-6-14(21-11(3)18)16(4)8-17(20)13(7-12(9)16)10(2)15(19)22-17/h12,14,20H,1,5-8H2,2-4H3/t12-,14+,16+,17-/m0/s1. The Bertz CT molecular complexity index is 604. The molecule has 1 heterocycles. The summed E-state index contributed by atoms with van der Waals surface area (Å²) in [5.74, 6) is -2.28. The van der Waals surface area contributed by atoms with Crippen molar-refractivity contribution in [3.05, 3.63) is 23.3 Å². The van der Waals surface area contributed by atoms with Gasteiger partial charge in [0.05, 0.1) is 0 Å². The minimum Gasteiger partial charge on any atom is -0.462 e. The fraction of sp³-hybridized carbons (Fsp3) is 0.647. The summed E-state index contributed by atoms with van der Waals surface area (Å²) >= 11 is 0. The molecular formula is C17H22O5. The summed E-state index contributed by atoms with van der Waals surface area (Å²) in [5, 5.41) is 10.8. The summed E-state index contributed by atoms with van der Waals surface area (Å²) in [6.45, 7) is 9.24. The first-order valence-corrected chi connectivity index (χ1v) is 7.68. The van der Waals surface area contributed by atoms with Crippen molar-refractivity contribution in [2.45, 2.75) is 58.3 Å². The fourth-order valence-electron chi connectivity index (χ4n) is 4.40. The SMILES string of the molecule is C=C1CC[C@@H](OC(C)=O)[C@]2(C)C[C@]3(O)OC(=O)C(C)=C3C[C@@H]12. The quantitative estimate of drug-likeness (QED) is 0.594. The van der Waals surface area contributed by atoms with Crippen molar-refractivity contribution in [2.24, 2.45) is 11.3 Å².